The number of hydrogen-bond donors (Lipinski definition) is 2. The van der Waals surface area contributed by atoms with E-state index in [-0.39, 0.29) is 22.4 Å². The van der Waals surface area contributed by atoms with Gasteiger partial charge in [0.15, 0.2) is 23.1 Å². The number of ether oxygens (including phenoxy) is 2. The molecule has 1 aliphatic rings. The maximum atomic E-state index is 15.3. The zero-order valence-corrected chi connectivity index (χ0v) is 25.9. The molecule has 9 nitrogen and oxygen atoms in total. The number of fused-ring (bicyclic) bond motifs is 1. The Bertz CT molecular complexity index is 1670. The minimum Gasteiger partial charge on any atom is -0.494 e. The predicted molar refractivity (Wildman–Crippen MR) is 168 cm³/mol. The highest BCUT2D eigenvalue weighted by molar-refractivity contribution is 7.18. The van der Waals surface area contributed by atoms with Crippen molar-refractivity contribution in [2.24, 2.45) is 0 Å². The molecular formula is C32H35F2N5O4S. The van der Waals surface area contributed by atoms with Crippen molar-refractivity contribution in [3.8, 4) is 11.5 Å². The number of anilines is 2. The molecule has 232 valence electrons. The Kier molecular flexibility index (Phi) is 9.14. The fraction of sp³-hybridized carbons (Fsp3) is 0.344. The number of aliphatic hydroxyl groups is 1. The number of amides is 1. The van der Waals surface area contributed by atoms with Gasteiger partial charge in [-0.1, -0.05) is 19.6 Å². The molecular weight excluding hydrogens is 588 g/mol. The molecule has 2 aromatic carbocycles. The largest absolute Gasteiger partial charge is 0.494 e. The van der Waals surface area contributed by atoms with Crippen LogP contribution in [-0.2, 0) is 16.8 Å². The third kappa shape index (κ3) is 6.10. The number of likely N-dealkylation sites (N-methyl/N-ethyl adjacent to an activating group) is 1. The molecule has 1 saturated heterocycles. The minimum absolute atomic E-state index is 0.0750. The molecule has 12 heteroatoms. The highest BCUT2D eigenvalue weighted by Crippen LogP contribution is 2.42. The Balaban J connectivity index is 1.46. The lowest BCUT2D eigenvalue weighted by atomic mass is 9.94. The maximum Gasteiger partial charge on any atom is 0.247 e. The number of halogens is 2. The Hall–Kier alpha value is -4.13. The molecule has 5 rings (SSSR count). The molecule has 0 radical (unpaired) electrons. The van der Waals surface area contributed by atoms with Gasteiger partial charge in [-0.15, -0.1) is 11.3 Å². The average molecular weight is 624 g/mol. The number of hydrogen-bond acceptors (Lipinski definition) is 9. The molecule has 2 N–H and O–H groups in total. The standard InChI is InChI=1S/C32H35F2N5O4S/c1-6-27(40)36-22-16-21(39-12-10-38(7-2)11-13-39)9-8-19(22)14-20-15-23-26(18-35-20)44-31(37-23)32(3,41)28-29(33)24(42-4)17-25(43-5)30(28)34/h6,8-9,15-18,41H,1,7,10-14H2,2-5H3,(H,36,40). The van der Waals surface area contributed by atoms with Crippen LogP contribution in [-0.4, -0.2) is 72.8 Å². The number of carbonyl (C=O) groups excluding carboxylic acids is 1. The van der Waals surface area contributed by atoms with E-state index in [1.165, 1.54) is 27.2 Å². The summed E-state index contributed by atoms with van der Waals surface area (Å²) >= 11 is 1.08. The van der Waals surface area contributed by atoms with Gasteiger partial charge in [0.2, 0.25) is 5.91 Å². The number of piperazine rings is 1. The molecule has 1 atom stereocenters. The molecule has 3 heterocycles. The van der Waals surface area contributed by atoms with Crippen LogP contribution in [0.15, 0.2) is 49.2 Å². The van der Waals surface area contributed by atoms with E-state index in [1.54, 1.807) is 12.3 Å². The Morgan fingerprint density at radius 2 is 1.82 bits per heavy atom. The van der Waals surface area contributed by atoms with Crippen molar-refractivity contribution in [1.29, 1.82) is 0 Å². The summed E-state index contributed by atoms with van der Waals surface area (Å²) in [6.45, 7) is 11.8. The van der Waals surface area contributed by atoms with E-state index in [2.05, 4.69) is 38.6 Å². The average Bonchev–Trinajstić information content (AvgIpc) is 3.46. The minimum atomic E-state index is -2.14. The van der Waals surface area contributed by atoms with Gasteiger partial charge >= 0.3 is 0 Å². The lowest BCUT2D eigenvalue weighted by molar-refractivity contribution is -0.111. The fourth-order valence-electron chi connectivity index (χ4n) is 5.33. The molecule has 44 heavy (non-hydrogen) atoms. The van der Waals surface area contributed by atoms with Gasteiger partial charge in [0.25, 0.3) is 0 Å². The summed E-state index contributed by atoms with van der Waals surface area (Å²) in [6, 6.07) is 8.85. The van der Waals surface area contributed by atoms with E-state index in [4.69, 9.17) is 9.47 Å². The van der Waals surface area contributed by atoms with Crippen molar-refractivity contribution in [3.63, 3.8) is 0 Å². The van der Waals surface area contributed by atoms with Crippen LogP contribution in [0.1, 0.15) is 35.7 Å². The van der Waals surface area contributed by atoms with E-state index < -0.39 is 22.8 Å². The van der Waals surface area contributed by atoms with Crippen LogP contribution in [0.25, 0.3) is 10.2 Å². The summed E-state index contributed by atoms with van der Waals surface area (Å²) in [4.78, 5) is 26.1. The number of nitrogens with one attached hydrogen (secondary N) is 1. The molecule has 0 bridgehead atoms. The number of methoxy groups -OCH3 is 2. The first-order chi connectivity index (χ1) is 21.1. The highest BCUT2D eigenvalue weighted by atomic mass is 32.1. The maximum absolute atomic E-state index is 15.3. The predicted octanol–water partition coefficient (Wildman–Crippen LogP) is 5.10. The molecule has 0 aliphatic carbocycles. The molecule has 0 spiro atoms. The van der Waals surface area contributed by atoms with Gasteiger partial charge in [-0.2, -0.15) is 0 Å². The number of thiazole rings is 1. The van der Waals surface area contributed by atoms with Gasteiger partial charge in [-0.3, -0.25) is 9.78 Å². The first kappa shape index (κ1) is 31.3. The van der Waals surface area contributed by atoms with E-state index in [1.807, 2.05) is 18.2 Å². The van der Waals surface area contributed by atoms with Crippen molar-refractivity contribution in [1.82, 2.24) is 14.9 Å². The lowest BCUT2D eigenvalue weighted by Crippen LogP contribution is -2.46. The quantitative estimate of drug-likeness (QED) is 0.236. The number of benzene rings is 2. The summed E-state index contributed by atoms with van der Waals surface area (Å²) < 4.78 is 41.2. The monoisotopic (exact) mass is 623 g/mol. The van der Waals surface area contributed by atoms with Crippen molar-refractivity contribution in [2.75, 3.05) is 57.2 Å². The van der Waals surface area contributed by atoms with Crippen LogP contribution in [0.2, 0.25) is 0 Å². The third-order valence-electron chi connectivity index (χ3n) is 7.90. The van der Waals surface area contributed by atoms with Crippen LogP contribution < -0.4 is 19.7 Å². The number of carbonyl (C=O) groups is 1. The Morgan fingerprint density at radius 3 is 2.43 bits per heavy atom. The number of pyridine rings is 1. The number of rotatable bonds is 10. The van der Waals surface area contributed by atoms with Crippen LogP contribution in [0, 0.1) is 11.6 Å². The van der Waals surface area contributed by atoms with Gasteiger partial charge in [-0.05, 0) is 43.3 Å². The van der Waals surface area contributed by atoms with Crippen molar-refractivity contribution in [2.45, 2.75) is 25.9 Å². The summed E-state index contributed by atoms with van der Waals surface area (Å²) in [5.41, 5.74) is 0.929. The number of aromatic nitrogens is 2. The Labute approximate surface area is 258 Å². The molecule has 4 aromatic rings. The molecule has 1 unspecified atom stereocenters. The highest BCUT2D eigenvalue weighted by Gasteiger charge is 2.38. The van der Waals surface area contributed by atoms with Gasteiger partial charge in [0.05, 0.1) is 30.0 Å². The van der Waals surface area contributed by atoms with Crippen LogP contribution in [0.5, 0.6) is 11.5 Å². The topological polar surface area (TPSA) is 100 Å². The molecule has 1 aliphatic heterocycles. The molecule has 1 fully saturated rings. The second-order valence-electron chi connectivity index (χ2n) is 10.7. The van der Waals surface area contributed by atoms with Gasteiger partial charge in [-0.25, -0.2) is 13.8 Å². The summed E-state index contributed by atoms with van der Waals surface area (Å²) in [6.07, 6.45) is 3.23. The zero-order valence-electron chi connectivity index (χ0n) is 25.1. The SMILES string of the molecule is C=CC(=O)Nc1cc(N2CCN(CC)CC2)ccc1Cc1cc2nc(C(C)(O)c3c(F)c(OC)cc(OC)c3F)sc2cn1. The molecule has 1 amide bonds. The second-order valence-corrected chi connectivity index (χ2v) is 11.7. The third-order valence-corrected chi connectivity index (χ3v) is 9.12. The smallest absolute Gasteiger partial charge is 0.247 e. The van der Waals surface area contributed by atoms with Crippen molar-refractivity contribution in [3.05, 3.63) is 82.6 Å². The fourth-order valence-corrected chi connectivity index (χ4v) is 6.30. The van der Waals surface area contributed by atoms with Crippen LogP contribution in [0.3, 0.4) is 0 Å². The summed E-state index contributed by atoms with van der Waals surface area (Å²) in [5.74, 6) is -2.94. The zero-order chi connectivity index (χ0) is 31.6. The lowest BCUT2D eigenvalue weighted by Gasteiger charge is -2.35. The van der Waals surface area contributed by atoms with Gasteiger partial charge in [0.1, 0.15) is 10.6 Å². The van der Waals surface area contributed by atoms with E-state index in [9.17, 15) is 9.90 Å². The van der Waals surface area contributed by atoms with Crippen molar-refractivity contribution < 1.29 is 28.2 Å². The van der Waals surface area contributed by atoms with Gasteiger partial charge < -0.3 is 29.7 Å². The summed E-state index contributed by atoms with van der Waals surface area (Å²) in [7, 11) is 2.49. The van der Waals surface area contributed by atoms with Gasteiger partial charge in [0, 0.05) is 61.9 Å². The normalized spacial score (nSPS) is 15.2. The Morgan fingerprint density at radius 1 is 1.14 bits per heavy atom. The first-order valence-corrected chi connectivity index (χ1v) is 15.0. The number of nitrogens with zero attached hydrogens (tertiary/aromatic N) is 4. The van der Waals surface area contributed by atoms with Crippen molar-refractivity contribution >= 4 is 38.8 Å². The summed E-state index contributed by atoms with van der Waals surface area (Å²) in [5, 5.41) is 14.5. The first-order valence-electron chi connectivity index (χ1n) is 14.2. The molecule has 0 saturated carbocycles. The van der Waals surface area contributed by atoms with Crippen LogP contribution in [0.4, 0.5) is 20.2 Å². The second kappa shape index (κ2) is 12.8. The van der Waals surface area contributed by atoms with E-state index >= 15 is 8.78 Å². The van der Waals surface area contributed by atoms with E-state index in [0.717, 1.165) is 61.4 Å². The van der Waals surface area contributed by atoms with E-state index in [0.29, 0.717) is 28.0 Å². The van der Waals surface area contributed by atoms with Crippen LogP contribution >= 0.6 is 11.3 Å². The molecule has 2 aromatic heterocycles.